The Balaban J connectivity index is 1.91. The fraction of sp³-hybridized carbons (Fsp3) is 0.375. The molecule has 2 atom stereocenters. The molecule has 0 amide bonds. The van der Waals surface area contributed by atoms with Crippen molar-refractivity contribution >= 4 is 11.8 Å². The van der Waals surface area contributed by atoms with Crippen LogP contribution in [-0.4, -0.2) is 5.25 Å². The van der Waals surface area contributed by atoms with Crippen LogP contribution in [0.1, 0.15) is 36.8 Å². The van der Waals surface area contributed by atoms with E-state index in [1.807, 2.05) is 23.9 Å². The van der Waals surface area contributed by atoms with Crippen molar-refractivity contribution in [2.75, 3.05) is 0 Å². The summed E-state index contributed by atoms with van der Waals surface area (Å²) in [5, 5.41) is 0.359. The maximum absolute atomic E-state index is 6.32. The van der Waals surface area contributed by atoms with Gasteiger partial charge in [-0.15, -0.1) is 11.8 Å². The van der Waals surface area contributed by atoms with E-state index in [0.29, 0.717) is 5.25 Å². The van der Waals surface area contributed by atoms with E-state index in [0.717, 1.165) is 17.9 Å². The van der Waals surface area contributed by atoms with Crippen molar-refractivity contribution in [3.8, 4) is 0 Å². The summed E-state index contributed by atoms with van der Waals surface area (Å²) in [7, 11) is 0. The van der Waals surface area contributed by atoms with Crippen LogP contribution in [0.4, 0.5) is 0 Å². The summed E-state index contributed by atoms with van der Waals surface area (Å²) < 4.78 is 5.34. The minimum atomic E-state index is 0.0610. The quantitative estimate of drug-likeness (QED) is 0.860. The predicted molar refractivity (Wildman–Crippen MR) is 82.2 cm³/mol. The standard InChI is InChI=1S/C16H21NOS/c1-3-13-6-8-14(9-7-13)16(17)12(2)19-11-15-5-4-10-18-15/h4-10,12,16H,3,11,17H2,1-2H3. The molecule has 0 aliphatic heterocycles. The molecule has 1 aromatic heterocycles. The molecule has 2 aromatic rings. The molecule has 0 fully saturated rings. The van der Waals surface area contributed by atoms with Crippen LogP contribution in [0.5, 0.6) is 0 Å². The third kappa shape index (κ3) is 3.88. The predicted octanol–water partition coefficient (Wildman–Crippen LogP) is 4.16. The molecule has 2 N–H and O–H groups in total. The van der Waals surface area contributed by atoms with Gasteiger partial charge in [-0.3, -0.25) is 0 Å². The Morgan fingerprint density at radius 3 is 2.53 bits per heavy atom. The average Bonchev–Trinajstić information content (AvgIpc) is 2.97. The Hall–Kier alpha value is -1.19. The van der Waals surface area contributed by atoms with Gasteiger partial charge in [0.25, 0.3) is 0 Å². The number of thioether (sulfide) groups is 1. The molecule has 0 aliphatic rings. The highest BCUT2D eigenvalue weighted by Crippen LogP contribution is 2.27. The Bertz CT molecular complexity index is 478. The van der Waals surface area contributed by atoms with Gasteiger partial charge >= 0.3 is 0 Å². The monoisotopic (exact) mass is 275 g/mol. The molecule has 1 aromatic carbocycles. The van der Waals surface area contributed by atoms with Crippen LogP contribution >= 0.6 is 11.8 Å². The first-order valence-corrected chi connectivity index (χ1v) is 7.74. The van der Waals surface area contributed by atoms with Crippen LogP contribution in [0.25, 0.3) is 0 Å². The number of aryl methyl sites for hydroxylation is 1. The van der Waals surface area contributed by atoms with E-state index in [1.165, 1.54) is 11.1 Å². The second-order valence-corrected chi connectivity index (χ2v) is 6.08. The minimum Gasteiger partial charge on any atom is -0.468 e. The summed E-state index contributed by atoms with van der Waals surface area (Å²) in [6.45, 7) is 4.34. The molecular weight excluding hydrogens is 254 g/mol. The molecule has 0 aliphatic carbocycles. The topological polar surface area (TPSA) is 39.2 Å². The smallest absolute Gasteiger partial charge is 0.113 e. The molecule has 0 saturated carbocycles. The number of benzene rings is 1. The van der Waals surface area contributed by atoms with Crippen molar-refractivity contribution in [3.63, 3.8) is 0 Å². The fourth-order valence-electron chi connectivity index (χ4n) is 1.96. The summed E-state index contributed by atoms with van der Waals surface area (Å²) >= 11 is 1.83. The molecule has 3 heteroatoms. The minimum absolute atomic E-state index is 0.0610. The SMILES string of the molecule is CCc1ccc(C(N)C(C)SCc2ccco2)cc1. The van der Waals surface area contributed by atoms with Gasteiger partial charge in [-0.25, -0.2) is 0 Å². The van der Waals surface area contributed by atoms with E-state index in [4.69, 9.17) is 10.2 Å². The van der Waals surface area contributed by atoms with Gasteiger partial charge in [-0.05, 0) is 29.7 Å². The van der Waals surface area contributed by atoms with Crippen molar-refractivity contribution in [2.24, 2.45) is 5.73 Å². The molecule has 2 unspecified atom stereocenters. The molecule has 102 valence electrons. The Kier molecular flexibility index (Phi) is 5.11. The van der Waals surface area contributed by atoms with E-state index in [-0.39, 0.29) is 6.04 Å². The summed E-state index contributed by atoms with van der Waals surface area (Å²) in [6.07, 6.45) is 2.78. The second-order valence-electron chi connectivity index (χ2n) is 4.72. The summed E-state index contributed by atoms with van der Waals surface area (Å²) in [6, 6.07) is 12.6. The molecule has 0 bridgehead atoms. The van der Waals surface area contributed by atoms with Gasteiger partial charge in [0.15, 0.2) is 0 Å². The molecule has 0 saturated heterocycles. The van der Waals surface area contributed by atoms with E-state index >= 15 is 0 Å². The normalized spacial score (nSPS) is 14.3. The van der Waals surface area contributed by atoms with Gasteiger partial charge in [-0.2, -0.15) is 0 Å². The van der Waals surface area contributed by atoms with Crippen LogP contribution in [0.2, 0.25) is 0 Å². The number of nitrogens with two attached hydrogens (primary N) is 1. The first kappa shape index (κ1) is 14.2. The van der Waals surface area contributed by atoms with E-state index in [1.54, 1.807) is 6.26 Å². The Morgan fingerprint density at radius 1 is 1.21 bits per heavy atom. The average molecular weight is 275 g/mol. The second kappa shape index (κ2) is 6.83. The molecule has 2 rings (SSSR count). The highest BCUT2D eigenvalue weighted by atomic mass is 32.2. The largest absolute Gasteiger partial charge is 0.468 e. The van der Waals surface area contributed by atoms with Gasteiger partial charge < -0.3 is 10.2 Å². The van der Waals surface area contributed by atoms with Crippen LogP contribution in [0.15, 0.2) is 47.1 Å². The maximum atomic E-state index is 6.32. The zero-order valence-electron chi connectivity index (χ0n) is 11.5. The lowest BCUT2D eigenvalue weighted by Gasteiger charge is -2.19. The number of hydrogen-bond donors (Lipinski definition) is 1. The fourth-order valence-corrected chi connectivity index (χ4v) is 2.91. The number of furan rings is 1. The Labute approximate surface area is 119 Å². The maximum Gasteiger partial charge on any atom is 0.113 e. The molecular formula is C16H21NOS. The number of rotatable bonds is 6. The zero-order valence-corrected chi connectivity index (χ0v) is 12.3. The van der Waals surface area contributed by atoms with Crippen molar-refractivity contribution in [1.29, 1.82) is 0 Å². The van der Waals surface area contributed by atoms with Crippen LogP contribution < -0.4 is 5.73 Å². The number of hydrogen-bond acceptors (Lipinski definition) is 3. The van der Waals surface area contributed by atoms with Gasteiger partial charge in [-0.1, -0.05) is 38.1 Å². The van der Waals surface area contributed by atoms with Gasteiger partial charge in [0.05, 0.1) is 12.0 Å². The first-order valence-electron chi connectivity index (χ1n) is 6.69. The lowest BCUT2D eigenvalue weighted by atomic mass is 10.0. The third-order valence-corrected chi connectivity index (χ3v) is 4.62. The van der Waals surface area contributed by atoms with Gasteiger partial charge in [0.1, 0.15) is 5.76 Å². The Morgan fingerprint density at radius 2 is 1.95 bits per heavy atom. The van der Waals surface area contributed by atoms with Crippen molar-refractivity contribution in [1.82, 2.24) is 0 Å². The van der Waals surface area contributed by atoms with Crippen molar-refractivity contribution < 1.29 is 4.42 Å². The summed E-state index contributed by atoms with van der Waals surface area (Å²) in [5.41, 5.74) is 8.88. The molecule has 1 heterocycles. The van der Waals surface area contributed by atoms with Crippen molar-refractivity contribution in [2.45, 2.75) is 37.3 Å². The molecule has 0 spiro atoms. The van der Waals surface area contributed by atoms with E-state index in [9.17, 15) is 0 Å². The molecule has 2 nitrogen and oxygen atoms in total. The van der Waals surface area contributed by atoms with Crippen LogP contribution in [0, 0.1) is 0 Å². The zero-order chi connectivity index (χ0) is 13.7. The highest BCUT2D eigenvalue weighted by molar-refractivity contribution is 7.99. The lowest BCUT2D eigenvalue weighted by Crippen LogP contribution is -2.21. The van der Waals surface area contributed by atoms with Gasteiger partial charge in [0.2, 0.25) is 0 Å². The molecule has 0 radical (unpaired) electrons. The van der Waals surface area contributed by atoms with Crippen molar-refractivity contribution in [3.05, 3.63) is 59.5 Å². The van der Waals surface area contributed by atoms with Crippen LogP contribution in [-0.2, 0) is 12.2 Å². The van der Waals surface area contributed by atoms with Crippen LogP contribution in [0.3, 0.4) is 0 Å². The summed E-state index contributed by atoms with van der Waals surface area (Å²) in [5.74, 6) is 1.87. The first-order chi connectivity index (χ1) is 9.20. The van der Waals surface area contributed by atoms with E-state index in [2.05, 4.69) is 38.1 Å². The third-order valence-electron chi connectivity index (χ3n) is 3.35. The van der Waals surface area contributed by atoms with Gasteiger partial charge in [0, 0.05) is 11.3 Å². The molecule has 19 heavy (non-hydrogen) atoms. The van der Waals surface area contributed by atoms with E-state index < -0.39 is 0 Å². The highest BCUT2D eigenvalue weighted by Gasteiger charge is 2.15. The summed E-state index contributed by atoms with van der Waals surface area (Å²) in [4.78, 5) is 0. The lowest BCUT2D eigenvalue weighted by molar-refractivity contribution is 0.530.